The highest BCUT2D eigenvalue weighted by atomic mass is 19.4. The molecule has 0 radical (unpaired) electrons. The van der Waals surface area contributed by atoms with Crippen molar-refractivity contribution in [2.75, 3.05) is 31.9 Å². The molecule has 9 nitrogen and oxygen atoms in total. The third-order valence-electron chi connectivity index (χ3n) is 5.92. The zero-order valence-electron chi connectivity index (χ0n) is 19.8. The van der Waals surface area contributed by atoms with Gasteiger partial charge in [-0.3, -0.25) is 0 Å². The quantitative estimate of drug-likeness (QED) is 0.474. The molecule has 2 heterocycles. The zero-order chi connectivity index (χ0) is 25.3. The van der Waals surface area contributed by atoms with Crippen molar-refractivity contribution < 1.29 is 27.4 Å². The summed E-state index contributed by atoms with van der Waals surface area (Å²) in [6.45, 7) is 3.99. The number of nitrogen functional groups attached to an aromatic ring is 1. The fraction of sp³-hybridized carbons (Fsp3) is 0.478. The fourth-order valence-corrected chi connectivity index (χ4v) is 3.99. The first kappa shape index (κ1) is 24.7. The molecule has 1 aliphatic carbocycles. The molecule has 35 heavy (non-hydrogen) atoms. The molecule has 2 aromatic heterocycles. The number of halogens is 3. The van der Waals surface area contributed by atoms with Crippen LogP contribution >= 0.6 is 0 Å². The lowest BCUT2D eigenvalue weighted by atomic mass is 9.82. The highest BCUT2D eigenvalue weighted by Crippen LogP contribution is 2.39. The molecule has 2 unspecified atom stereocenters. The van der Waals surface area contributed by atoms with Crippen LogP contribution in [0, 0.1) is 12.8 Å². The summed E-state index contributed by atoms with van der Waals surface area (Å²) >= 11 is 0. The van der Waals surface area contributed by atoms with Gasteiger partial charge < -0.3 is 25.3 Å². The number of aromatic nitrogens is 4. The number of rotatable bonds is 8. The van der Waals surface area contributed by atoms with E-state index in [2.05, 4.69) is 25.3 Å². The van der Waals surface area contributed by atoms with E-state index < -0.39 is 18.0 Å². The van der Waals surface area contributed by atoms with E-state index >= 15 is 0 Å². The smallest absolute Gasteiger partial charge is 0.451 e. The molecular weight excluding hydrogens is 465 g/mol. The first-order chi connectivity index (χ1) is 16.6. The summed E-state index contributed by atoms with van der Waals surface area (Å²) in [4.78, 5) is 15.9. The molecule has 1 fully saturated rings. The maximum absolute atomic E-state index is 13.2. The van der Waals surface area contributed by atoms with Crippen molar-refractivity contribution in [2.45, 2.75) is 45.0 Å². The Morgan fingerprint density at radius 2 is 1.86 bits per heavy atom. The predicted octanol–water partition coefficient (Wildman–Crippen LogP) is 4.31. The van der Waals surface area contributed by atoms with E-state index in [9.17, 15) is 13.2 Å². The molecule has 12 heteroatoms. The zero-order valence-corrected chi connectivity index (χ0v) is 19.8. The number of hydrogen-bond donors (Lipinski definition) is 2. The molecule has 1 aromatic carbocycles. The van der Waals surface area contributed by atoms with Gasteiger partial charge in [-0.2, -0.15) is 13.2 Å². The van der Waals surface area contributed by atoms with Crippen LogP contribution < -0.4 is 20.5 Å². The lowest BCUT2D eigenvalue weighted by molar-refractivity contribution is -0.145. The van der Waals surface area contributed by atoms with E-state index in [0.29, 0.717) is 46.6 Å². The van der Waals surface area contributed by atoms with Crippen LogP contribution in [0.25, 0.3) is 10.9 Å². The van der Waals surface area contributed by atoms with Gasteiger partial charge in [0, 0.05) is 30.5 Å². The molecule has 0 bridgehead atoms. The van der Waals surface area contributed by atoms with Gasteiger partial charge in [0.15, 0.2) is 11.5 Å². The summed E-state index contributed by atoms with van der Waals surface area (Å²) in [5, 5.41) is 3.77. The second kappa shape index (κ2) is 9.68. The van der Waals surface area contributed by atoms with Crippen LogP contribution in [0.15, 0.2) is 18.2 Å². The Bertz CT molecular complexity index is 1220. The second-order valence-electron chi connectivity index (χ2n) is 8.49. The van der Waals surface area contributed by atoms with E-state index in [0.717, 1.165) is 12.8 Å². The van der Waals surface area contributed by atoms with Gasteiger partial charge in [0.2, 0.25) is 5.82 Å². The number of fused-ring (bicyclic) bond motifs is 1. The SMILES string of the molecule is COCC1CCC1Oc1cc2c(N[C@H](C)c3cc(N)nc(C(F)(F)F)n3)nc(C)nc2cc1OC. The van der Waals surface area contributed by atoms with Crippen molar-refractivity contribution in [3.8, 4) is 11.5 Å². The largest absolute Gasteiger partial charge is 0.493 e. The van der Waals surface area contributed by atoms with Crippen molar-refractivity contribution in [1.82, 2.24) is 19.9 Å². The molecule has 3 N–H and O–H groups in total. The number of nitrogens with zero attached hydrogens (tertiary/aromatic N) is 4. The first-order valence-corrected chi connectivity index (χ1v) is 11.1. The van der Waals surface area contributed by atoms with E-state index in [1.54, 1.807) is 40.2 Å². The Morgan fingerprint density at radius 1 is 1.09 bits per heavy atom. The maximum Gasteiger partial charge on any atom is 0.451 e. The average Bonchev–Trinajstić information content (AvgIpc) is 2.78. The van der Waals surface area contributed by atoms with Crippen molar-refractivity contribution in [3.63, 3.8) is 0 Å². The molecule has 1 aliphatic rings. The normalized spacial score (nSPS) is 18.7. The Kier molecular flexibility index (Phi) is 6.84. The molecule has 3 aromatic rings. The van der Waals surface area contributed by atoms with Crippen molar-refractivity contribution >= 4 is 22.5 Å². The van der Waals surface area contributed by atoms with Gasteiger partial charge in [0.25, 0.3) is 0 Å². The van der Waals surface area contributed by atoms with Gasteiger partial charge in [-0.1, -0.05) is 0 Å². The van der Waals surface area contributed by atoms with E-state index in [4.69, 9.17) is 19.9 Å². The van der Waals surface area contributed by atoms with E-state index in [-0.39, 0.29) is 17.6 Å². The number of ether oxygens (including phenoxy) is 3. The lowest BCUT2D eigenvalue weighted by Crippen LogP contribution is -2.39. The van der Waals surface area contributed by atoms with E-state index in [1.807, 2.05) is 0 Å². The summed E-state index contributed by atoms with van der Waals surface area (Å²) < 4.78 is 56.6. The third kappa shape index (κ3) is 5.31. The minimum Gasteiger partial charge on any atom is -0.493 e. The molecular formula is C23H27F3N6O3. The van der Waals surface area contributed by atoms with Crippen molar-refractivity contribution in [2.24, 2.45) is 5.92 Å². The molecule has 0 aliphatic heterocycles. The van der Waals surface area contributed by atoms with Crippen molar-refractivity contribution in [1.29, 1.82) is 0 Å². The van der Waals surface area contributed by atoms with Crippen LogP contribution in [0.3, 0.4) is 0 Å². The molecule has 0 amide bonds. The second-order valence-corrected chi connectivity index (χ2v) is 8.49. The van der Waals surface area contributed by atoms with Crippen LogP contribution in [0.5, 0.6) is 11.5 Å². The van der Waals surface area contributed by atoms with Crippen LogP contribution in [0.1, 0.15) is 43.1 Å². The van der Waals surface area contributed by atoms with E-state index in [1.165, 1.54) is 6.07 Å². The lowest BCUT2D eigenvalue weighted by Gasteiger charge is -2.36. The molecule has 188 valence electrons. The minimum atomic E-state index is -4.72. The number of alkyl halides is 3. The molecule has 3 atom stereocenters. The highest BCUT2D eigenvalue weighted by Gasteiger charge is 2.36. The number of nitrogens with one attached hydrogen (secondary N) is 1. The monoisotopic (exact) mass is 492 g/mol. The van der Waals surface area contributed by atoms with Crippen LogP contribution in [0.4, 0.5) is 24.8 Å². The van der Waals surface area contributed by atoms with Crippen LogP contribution in [0.2, 0.25) is 0 Å². The van der Waals surface area contributed by atoms with Gasteiger partial charge >= 0.3 is 6.18 Å². The Hall–Kier alpha value is -3.41. The summed E-state index contributed by atoms with van der Waals surface area (Å²) in [7, 11) is 3.21. The Labute approximate surface area is 200 Å². The van der Waals surface area contributed by atoms with Crippen LogP contribution in [-0.4, -0.2) is 46.9 Å². The number of nitrogens with two attached hydrogens (primary N) is 1. The van der Waals surface area contributed by atoms with Gasteiger partial charge in [0.05, 0.1) is 31.0 Å². The standard InChI is InChI=1S/C23H27F3N6O3/c1-11(15-9-20(27)32-22(31-15)23(24,25)26)28-21-14-7-19(35-17-6-5-13(17)10-33-3)18(34-4)8-16(14)29-12(2)30-21/h7-9,11,13,17H,5-6,10H2,1-4H3,(H2,27,31,32)(H,28,29,30)/t11-,13?,17?/m1/s1. The summed E-state index contributed by atoms with van der Waals surface area (Å²) in [6, 6.07) is 4.17. The summed E-state index contributed by atoms with van der Waals surface area (Å²) in [5.41, 5.74) is 6.28. The molecule has 0 saturated heterocycles. The number of benzene rings is 1. The highest BCUT2D eigenvalue weighted by molar-refractivity contribution is 5.92. The van der Waals surface area contributed by atoms with Crippen molar-refractivity contribution in [3.05, 3.63) is 35.5 Å². The Balaban J connectivity index is 1.69. The Morgan fingerprint density at radius 3 is 2.49 bits per heavy atom. The number of aryl methyl sites for hydroxylation is 1. The van der Waals surface area contributed by atoms with Gasteiger partial charge in [-0.05, 0) is 32.8 Å². The minimum absolute atomic E-state index is 0.00668. The average molecular weight is 493 g/mol. The number of anilines is 2. The van der Waals surface area contributed by atoms with Crippen LogP contribution in [-0.2, 0) is 10.9 Å². The third-order valence-corrected chi connectivity index (χ3v) is 5.92. The van der Waals surface area contributed by atoms with Gasteiger partial charge in [-0.15, -0.1) is 0 Å². The molecule has 4 rings (SSSR count). The summed E-state index contributed by atoms with van der Waals surface area (Å²) in [6.07, 6.45) is -2.80. The topological polar surface area (TPSA) is 117 Å². The van der Waals surface area contributed by atoms with Gasteiger partial charge in [0.1, 0.15) is 23.6 Å². The summed E-state index contributed by atoms with van der Waals surface area (Å²) in [5.74, 6) is 0.664. The number of hydrogen-bond acceptors (Lipinski definition) is 9. The molecule has 1 saturated carbocycles. The fourth-order valence-electron chi connectivity index (χ4n) is 3.99. The van der Waals surface area contributed by atoms with Gasteiger partial charge in [-0.25, -0.2) is 19.9 Å². The first-order valence-electron chi connectivity index (χ1n) is 11.1. The maximum atomic E-state index is 13.2. The molecule has 0 spiro atoms. The number of methoxy groups -OCH3 is 2. The predicted molar refractivity (Wildman–Crippen MR) is 123 cm³/mol.